The molecule has 0 saturated carbocycles. The Labute approximate surface area is 191 Å². The van der Waals surface area contributed by atoms with Crippen LogP contribution in [0.1, 0.15) is 35.8 Å². The highest BCUT2D eigenvalue weighted by molar-refractivity contribution is 6.30. The van der Waals surface area contributed by atoms with Gasteiger partial charge in [0.25, 0.3) is 5.91 Å². The molecule has 3 heterocycles. The molecule has 2 aromatic heterocycles. The zero-order chi connectivity index (χ0) is 22.8. The van der Waals surface area contributed by atoms with Crippen LogP contribution in [0.15, 0.2) is 34.9 Å². The van der Waals surface area contributed by atoms with Crippen molar-refractivity contribution >= 4 is 28.6 Å². The van der Waals surface area contributed by atoms with Crippen LogP contribution in [0, 0.1) is 0 Å². The van der Waals surface area contributed by atoms with Gasteiger partial charge in [-0.3, -0.25) is 9.78 Å². The molecule has 4 rings (SSSR count). The minimum atomic E-state index is -0.712. The number of carbonyl (C=O) groups is 1. The smallest absolute Gasteiger partial charge is 0.254 e. The van der Waals surface area contributed by atoms with E-state index in [-0.39, 0.29) is 18.6 Å². The van der Waals surface area contributed by atoms with Gasteiger partial charge in [0, 0.05) is 35.4 Å². The third-order valence-electron chi connectivity index (χ3n) is 5.56. The van der Waals surface area contributed by atoms with Crippen LogP contribution in [-0.2, 0) is 17.6 Å². The number of rotatable bonds is 6. The van der Waals surface area contributed by atoms with E-state index in [1.807, 2.05) is 13.0 Å². The molecule has 1 unspecified atom stereocenters. The maximum absolute atomic E-state index is 13.3. The highest BCUT2D eigenvalue weighted by Crippen LogP contribution is 2.30. The van der Waals surface area contributed by atoms with E-state index in [0.717, 1.165) is 5.69 Å². The van der Waals surface area contributed by atoms with E-state index in [1.54, 1.807) is 36.2 Å². The molecule has 3 aromatic rings. The summed E-state index contributed by atoms with van der Waals surface area (Å²) in [6.45, 7) is 4.24. The van der Waals surface area contributed by atoms with Gasteiger partial charge in [-0.15, -0.1) is 0 Å². The fourth-order valence-corrected chi connectivity index (χ4v) is 4.05. The average Bonchev–Trinajstić information content (AvgIpc) is 3.19. The molecule has 170 valence electrons. The number of halogens is 1. The summed E-state index contributed by atoms with van der Waals surface area (Å²) < 4.78 is 17.0. The van der Waals surface area contributed by atoms with E-state index in [2.05, 4.69) is 9.97 Å². The SMILES string of the molecule is COc1cc(C(=O)N2CC(C)OC[C@@H]2[C@@H](C)O)cc2nc(CCc3cc(Cl)ccn3)oc12. The lowest BCUT2D eigenvalue weighted by molar-refractivity contribution is -0.0744. The molecule has 3 atom stereocenters. The minimum Gasteiger partial charge on any atom is -0.493 e. The lowest BCUT2D eigenvalue weighted by atomic mass is 10.1. The zero-order valence-electron chi connectivity index (χ0n) is 18.2. The van der Waals surface area contributed by atoms with Gasteiger partial charge in [0.15, 0.2) is 17.2 Å². The first-order chi connectivity index (χ1) is 15.4. The Morgan fingerprint density at radius 2 is 2.19 bits per heavy atom. The number of oxazole rings is 1. The van der Waals surface area contributed by atoms with Crippen LogP contribution in [0.4, 0.5) is 0 Å². The van der Waals surface area contributed by atoms with Gasteiger partial charge in [0.2, 0.25) is 0 Å². The lowest BCUT2D eigenvalue weighted by Gasteiger charge is -2.40. The first kappa shape index (κ1) is 22.5. The van der Waals surface area contributed by atoms with Crippen LogP contribution < -0.4 is 4.74 Å². The number of ether oxygens (including phenoxy) is 2. The number of pyridine rings is 1. The number of benzene rings is 1. The molecule has 1 aliphatic heterocycles. The third-order valence-corrected chi connectivity index (χ3v) is 5.80. The van der Waals surface area contributed by atoms with Gasteiger partial charge < -0.3 is 23.9 Å². The summed E-state index contributed by atoms with van der Waals surface area (Å²) in [4.78, 5) is 23.9. The quantitative estimate of drug-likeness (QED) is 0.604. The van der Waals surface area contributed by atoms with Crippen molar-refractivity contribution in [3.63, 3.8) is 0 Å². The molecule has 0 bridgehead atoms. The van der Waals surface area contributed by atoms with Crippen molar-refractivity contribution < 1.29 is 23.8 Å². The highest BCUT2D eigenvalue weighted by Gasteiger charge is 2.34. The summed E-state index contributed by atoms with van der Waals surface area (Å²) >= 11 is 6.03. The molecular formula is C23H26ClN3O5. The number of aliphatic hydroxyl groups is 1. The predicted octanol–water partition coefficient (Wildman–Crippen LogP) is 3.28. The molecule has 9 heteroatoms. The van der Waals surface area contributed by atoms with Gasteiger partial charge in [0.1, 0.15) is 5.52 Å². The number of amides is 1. The molecule has 1 aliphatic rings. The number of methoxy groups -OCH3 is 1. The van der Waals surface area contributed by atoms with Crippen LogP contribution in [0.5, 0.6) is 5.75 Å². The number of nitrogens with zero attached hydrogens (tertiary/aromatic N) is 3. The van der Waals surface area contributed by atoms with Crippen LogP contribution in [-0.4, -0.2) is 64.4 Å². The Bertz CT molecular complexity index is 1120. The average molecular weight is 460 g/mol. The fraction of sp³-hybridized carbons (Fsp3) is 0.435. The van der Waals surface area contributed by atoms with Gasteiger partial charge in [-0.05, 0) is 44.5 Å². The summed E-state index contributed by atoms with van der Waals surface area (Å²) in [6.07, 6.45) is 1.98. The number of morpholine rings is 1. The van der Waals surface area contributed by atoms with Crippen molar-refractivity contribution in [1.29, 1.82) is 0 Å². The molecule has 8 nitrogen and oxygen atoms in total. The van der Waals surface area contributed by atoms with Crippen molar-refractivity contribution in [2.24, 2.45) is 0 Å². The van der Waals surface area contributed by atoms with Crippen LogP contribution in [0.25, 0.3) is 11.1 Å². The minimum absolute atomic E-state index is 0.113. The molecule has 1 fully saturated rings. The third kappa shape index (κ3) is 4.72. The number of fused-ring (bicyclic) bond motifs is 1. The van der Waals surface area contributed by atoms with Gasteiger partial charge in [-0.2, -0.15) is 0 Å². The number of hydrogen-bond donors (Lipinski definition) is 1. The summed E-state index contributed by atoms with van der Waals surface area (Å²) in [7, 11) is 1.52. The second kappa shape index (κ2) is 9.44. The molecule has 1 saturated heterocycles. The van der Waals surface area contributed by atoms with E-state index in [1.165, 1.54) is 7.11 Å². The molecule has 0 aliphatic carbocycles. The first-order valence-electron chi connectivity index (χ1n) is 10.5. The van der Waals surface area contributed by atoms with Crippen molar-refractivity contribution in [3.8, 4) is 5.75 Å². The maximum atomic E-state index is 13.3. The van der Waals surface area contributed by atoms with Crippen molar-refractivity contribution in [3.05, 3.63) is 52.6 Å². The molecule has 0 spiro atoms. The Morgan fingerprint density at radius 3 is 2.91 bits per heavy atom. The Balaban J connectivity index is 1.61. The molecule has 0 radical (unpaired) electrons. The normalized spacial score (nSPS) is 19.8. The molecule has 1 N–H and O–H groups in total. The zero-order valence-corrected chi connectivity index (χ0v) is 19.0. The Hall–Kier alpha value is -2.68. The molecule has 1 aromatic carbocycles. The van der Waals surface area contributed by atoms with E-state index in [0.29, 0.717) is 52.7 Å². The second-order valence-electron chi connectivity index (χ2n) is 8.01. The summed E-state index contributed by atoms with van der Waals surface area (Å²) in [6, 6.07) is 6.47. The number of carbonyl (C=O) groups excluding carboxylic acids is 1. The van der Waals surface area contributed by atoms with E-state index in [9.17, 15) is 9.90 Å². The van der Waals surface area contributed by atoms with Gasteiger partial charge in [0.05, 0.1) is 32.0 Å². The van der Waals surface area contributed by atoms with Crippen LogP contribution in [0.2, 0.25) is 5.02 Å². The standard InChI is InChI=1S/C23H26ClN3O5/c1-13-11-27(19(12-31-13)14(2)28)23(29)15-8-18-22(20(9-15)30-3)32-21(26-18)5-4-17-10-16(24)6-7-25-17/h6-10,13-14,19,28H,4-5,11-12H2,1-3H3/t13?,14-,19-/m1/s1. The predicted molar refractivity (Wildman–Crippen MR) is 119 cm³/mol. The maximum Gasteiger partial charge on any atom is 0.254 e. The Kier molecular flexibility index (Phi) is 6.64. The monoisotopic (exact) mass is 459 g/mol. The van der Waals surface area contributed by atoms with E-state index >= 15 is 0 Å². The second-order valence-corrected chi connectivity index (χ2v) is 8.45. The van der Waals surface area contributed by atoms with Crippen LogP contribution in [0.3, 0.4) is 0 Å². The molecule has 1 amide bonds. The lowest BCUT2D eigenvalue weighted by Crippen LogP contribution is -2.55. The van der Waals surface area contributed by atoms with Gasteiger partial charge >= 0.3 is 0 Å². The van der Waals surface area contributed by atoms with Gasteiger partial charge in [-0.25, -0.2) is 4.98 Å². The number of aliphatic hydroxyl groups excluding tert-OH is 1. The van der Waals surface area contributed by atoms with Crippen LogP contribution >= 0.6 is 11.6 Å². The molecular weight excluding hydrogens is 434 g/mol. The number of hydrogen-bond acceptors (Lipinski definition) is 7. The highest BCUT2D eigenvalue weighted by atomic mass is 35.5. The summed E-state index contributed by atoms with van der Waals surface area (Å²) in [5.74, 6) is 0.742. The van der Waals surface area contributed by atoms with Crippen molar-refractivity contribution in [2.75, 3.05) is 20.3 Å². The molecule has 32 heavy (non-hydrogen) atoms. The first-order valence-corrected chi connectivity index (χ1v) is 10.9. The number of aromatic nitrogens is 2. The van der Waals surface area contributed by atoms with E-state index in [4.69, 9.17) is 25.5 Å². The Morgan fingerprint density at radius 1 is 1.38 bits per heavy atom. The topological polar surface area (TPSA) is 97.9 Å². The van der Waals surface area contributed by atoms with Gasteiger partial charge in [-0.1, -0.05) is 11.6 Å². The summed E-state index contributed by atoms with van der Waals surface area (Å²) in [5, 5.41) is 10.8. The number of aryl methyl sites for hydroxylation is 2. The fourth-order valence-electron chi connectivity index (χ4n) is 3.87. The van der Waals surface area contributed by atoms with E-state index < -0.39 is 12.1 Å². The van der Waals surface area contributed by atoms with Crippen molar-refractivity contribution in [1.82, 2.24) is 14.9 Å². The summed E-state index contributed by atoms with van der Waals surface area (Å²) in [5.41, 5.74) is 2.29. The van der Waals surface area contributed by atoms with Crippen molar-refractivity contribution in [2.45, 2.75) is 44.9 Å². The largest absolute Gasteiger partial charge is 0.493 e.